The van der Waals surface area contributed by atoms with Crippen LogP contribution in [-0.2, 0) is 9.47 Å². The van der Waals surface area contributed by atoms with Gasteiger partial charge in [-0.15, -0.1) is 0 Å². The third kappa shape index (κ3) is 6.03. The summed E-state index contributed by atoms with van der Waals surface area (Å²) in [6, 6.07) is 0. The maximum atomic E-state index is 5.34. The van der Waals surface area contributed by atoms with Crippen molar-refractivity contribution in [2.45, 2.75) is 6.42 Å². The third-order valence-electron chi connectivity index (χ3n) is 2.09. The molecule has 0 fully saturated rings. The summed E-state index contributed by atoms with van der Waals surface area (Å²) in [7, 11) is 3.48. The number of nitrogens with one attached hydrogen (secondary N) is 2. The van der Waals surface area contributed by atoms with Crippen molar-refractivity contribution in [3.8, 4) is 0 Å². The highest BCUT2D eigenvalue weighted by molar-refractivity contribution is 5.40. The number of anilines is 2. The molecule has 1 aromatic heterocycles. The SMILES string of the molecule is CNc1cncc(NCCCOCCOC)n1. The molecule has 96 valence electrons. The number of hydrogen-bond acceptors (Lipinski definition) is 6. The number of hydrogen-bond donors (Lipinski definition) is 2. The number of methoxy groups -OCH3 is 1. The van der Waals surface area contributed by atoms with E-state index in [2.05, 4.69) is 20.6 Å². The van der Waals surface area contributed by atoms with Crippen molar-refractivity contribution in [1.29, 1.82) is 0 Å². The number of nitrogens with zero attached hydrogens (tertiary/aromatic N) is 2. The first-order valence-corrected chi connectivity index (χ1v) is 5.67. The minimum atomic E-state index is 0.642. The van der Waals surface area contributed by atoms with E-state index in [4.69, 9.17) is 9.47 Å². The molecule has 1 heterocycles. The normalized spacial score (nSPS) is 10.2. The van der Waals surface area contributed by atoms with Gasteiger partial charge in [0.25, 0.3) is 0 Å². The lowest BCUT2D eigenvalue weighted by molar-refractivity contribution is 0.0705. The number of aromatic nitrogens is 2. The van der Waals surface area contributed by atoms with E-state index in [-0.39, 0.29) is 0 Å². The molecule has 17 heavy (non-hydrogen) atoms. The Hall–Kier alpha value is -1.40. The van der Waals surface area contributed by atoms with Gasteiger partial charge in [0, 0.05) is 27.3 Å². The summed E-state index contributed by atoms with van der Waals surface area (Å²) in [5.74, 6) is 1.53. The topological polar surface area (TPSA) is 68.3 Å². The van der Waals surface area contributed by atoms with E-state index in [0.29, 0.717) is 13.2 Å². The molecule has 1 rings (SSSR count). The summed E-state index contributed by atoms with van der Waals surface area (Å²) in [6.07, 6.45) is 4.31. The maximum absolute atomic E-state index is 5.34. The van der Waals surface area contributed by atoms with Crippen LogP contribution >= 0.6 is 0 Å². The van der Waals surface area contributed by atoms with Crippen LogP contribution in [0.5, 0.6) is 0 Å². The molecule has 0 aliphatic heterocycles. The van der Waals surface area contributed by atoms with Gasteiger partial charge in [-0.25, -0.2) is 4.98 Å². The molecule has 2 N–H and O–H groups in total. The van der Waals surface area contributed by atoms with Crippen LogP contribution in [0.3, 0.4) is 0 Å². The summed E-state index contributed by atoms with van der Waals surface area (Å²) in [6.45, 7) is 2.82. The second-order valence-corrected chi connectivity index (χ2v) is 3.43. The molecule has 6 heteroatoms. The second-order valence-electron chi connectivity index (χ2n) is 3.43. The minimum Gasteiger partial charge on any atom is -0.382 e. The molecule has 0 spiro atoms. The molecule has 0 saturated heterocycles. The van der Waals surface area contributed by atoms with E-state index in [1.165, 1.54) is 0 Å². The Kier molecular flexibility index (Phi) is 7.01. The van der Waals surface area contributed by atoms with Crippen molar-refractivity contribution in [3.63, 3.8) is 0 Å². The molecule has 0 saturated carbocycles. The Morgan fingerprint density at radius 2 is 2.00 bits per heavy atom. The molecular weight excluding hydrogens is 220 g/mol. The van der Waals surface area contributed by atoms with Gasteiger partial charge in [0.1, 0.15) is 11.6 Å². The zero-order chi connectivity index (χ0) is 12.3. The van der Waals surface area contributed by atoms with Crippen LogP contribution in [0.1, 0.15) is 6.42 Å². The van der Waals surface area contributed by atoms with E-state index >= 15 is 0 Å². The lowest BCUT2D eigenvalue weighted by Crippen LogP contribution is -2.09. The highest BCUT2D eigenvalue weighted by Gasteiger charge is 1.96. The van der Waals surface area contributed by atoms with Gasteiger partial charge < -0.3 is 20.1 Å². The summed E-state index contributed by atoms with van der Waals surface area (Å²) >= 11 is 0. The van der Waals surface area contributed by atoms with Crippen molar-refractivity contribution in [2.24, 2.45) is 0 Å². The van der Waals surface area contributed by atoms with Crippen LogP contribution in [-0.4, -0.2) is 50.5 Å². The predicted octanol–water partition coefficient (Wildman–Crippen LogP) is 0.983. The van der Waals surface area contributed by atoms with Crippen LogP contribution in [0, 0.1) is 0 Å². The Bertz CT molecular complexity index is 309. The van der Waals surface area contributed by atoms with E-state index < -0.39 is 0 Å². The van der Waals surface area contributed by atoms with Crippen LogP contribution < -0.4 is 10.6 Å². The average Bonchev–Trinajstić information content (AvgIpc) is 2.38. The molecule has 6 nitrogen and oxygen atoms in total. The Morgan fingerprint density at radius 1 is 1.18 bits per heavy atom. The first-order valence-electron chi connectivity index (χ1n) is 5.67. The summed E-state index contributed by atoms with van der Waals surface area (Å²) in [5, 5.41) is 6.13. The zero-order valence-electron chi connectivity index (χ0n) is 10.4. The van der Waals surface area contributed by atoms with E-state index in [0.717, 1.165) is 31.2 Å². The van der Waals surface area contributed by atoms with Crippen LogP contribution in [0.25, 0.3) is 0 Å². The fourth-order valence-corrected chi connectivity index (χ4v) is 1.21. The first kappa shape index (κ1) is 13.7. The van der Waals surface area contributed by atoms with Gasteiger partial charge in [0.2, 0.25) is 0 Å². The number of rotatable bonds is 9. The van der Waals surface area contributed by atoms with Crippen molar-refractivity contribution in [1.82, 2.24) is 9.97 Å². The molecule has 0 aromatic carbocycles. The van der Waals surface area contributed by atoms with E-state index in [9.17, 15) is 0 Å². The highest BCUT2D eigenvalue weighted by atomic mass is 16.5. The Morgan fingerprint density at radius 3 is 2.76 bits per heavy atom. The third-order valence-corrected chi connectivity index (χ3v) is 2.09. The van der Waals surface area contributed by atoms with Crippen molar-refractivity contribution in [3.05, 3.63) is 12.4 Å². The molecule has 0 amide bonds. The molecule has 0 radical (unpaired) electrons. The number of ether oxygens (including phenoxy) is 2. The van der Waals surface area contributed by atoms with Crippen molar-refractivity contribution < 1.29 is 9.47 Å². The maximum Gasteiger partial charge on any atom is 0.146 e. The van der Waals surface area contributed by atoms with Crippen molar-refractivity contribution >= 4 is 11.6 Å². The first-order chi connectivity index (χ1) is 8.36. The summed E-state index contributed by atoms with van der Waals surface area (Å²) in [4.78, 5) is 8.35. The van der Waals surface area contributed by atoms with Crippen LogP contribution in [0.4, 0.5) is 11.6 Å². The molecule has 0 unspecified atom stereocenters. The van der Waals surface area contributed by atoms with Gasteiger partial charge in [0.15, 0.2) is 0 Å². The van der Waals surface area contributed by atoms with Gasteiger partial charge >= 0.3 is 0 Å². The lowest BCUT2D eigenvalue weighted by Gasteiger charge is -2.07. The Labute approximate surface area is 102 Å². The van der Waals surface area contributed by atoms with Gasteiger partial charge in [-0.2, -0.15) is 0 Å². The molecule has 1 aromatic rings. The molecular formula is C11H20N4O2. The molecule has 0 bridgehead atoms. The smallest absolute Gasteiger partial charge is 0.146 e. The van der Waals surface area contributed by atoms with E-state index in [1.54, 1.807) is 19.5 Å². The average molecular weight is 240 g/mol. The monoisotopic (exact) mass is 240 g/mol. The van der Waals surface area contributed by atoms with Crippen molar-refractivity contribution in [2.75, 3.05) is 51.2 Å². The molecule has 0 aliphatic rings. The molecule has 0 aliphatic carbocycles. The van der Waals surface area contributed by atoms with Gasteiger partial charge in [0.05, 0.1) is 25.6 Å². The minimum absolute atomic E-state index is 0.642. The highest BCUT2D eigenvalue weighted by Crippen LogP contribution is 2.05. The van der Waals surface area contributed by atoms with E-state index in [1.807, 2.05) is 7.05 Å². The fourth-order valence-electron chi connectivity index (χ4n) is 1.21. The Balaban J connectivity index is 2.09. The van der Waals surface area contributed by atoms with Crippen LogP contribution in [0.2, 0.25) is 0 Å². The summed E-state index contributed by atoms with van der Waals surface area (Å²) < 4.78 is 10.2. The molecule has 0 atom stereocenters. The quantitative estimate of drug-likeness (QED) is 0.627. The van der Waals surface area contributed by atoms with Gasteiger partial charge in [-0.1, -0.05) is 0 Å². The lowest BCUT2D eigenvalue weighted by atomic mass is 10.4. The standard InChI is InChI=1S/C11H20N4O2/c1-12-10-8-13-9-11(15-10)14-4-3-5-17-7-6-16-2/h8-9H,3-7H2,1-2H3,(H2,12,14,15). The largest absolute Gasteiger partial charge is 0.382 e. The van der Waals surface area contributed by atoms with Gasteiger partial charge in [-0.05, 0) is 6.42 Å². The predicted molar refractivity (Wildman–Crippen MR) is 67.4 cm³/mol. The summed E-state index contributed by atoms with van der Waals surface area (Å²) in [5.41, 5.74) is 0. The fraction of sp³-hybridized carbons (Fsp3) is 0.636. The zero-order valence-corrected chi connectivity index (χ0v) is 10.4. The van der Waals surface area contributed by atoms with Crippen LogP contribution in [0.15, 0.2) is 12.4 Å². The second kappa shape index (κ2) is 8.72. The van der Waals surface area contributed by atoms with Gasteiger partial charge in [-0.3, -0.25) is 4.98 Å².